The van der Waals surface area contributed by atoms with Crippen LogP contribution in [-0.2, 0) is 0 Å². The monoisotopic (exact) mass is 475 g/mol. The Balaban J connectivity index is 1.38. The first-order valence-corrected chi connectivity index (χ1v) is 11.6. The highest BCUT2D eigenvalue weighted by Crippen LogP contribution is 2.40. The second-order valence-electron chi connectivity index (χ2n) is 9.55. The van der Waals surface area contributed by atoms with E-state index in [1.54, 1.807) is 12.4 Å². The molecule has 182 valence electrons. The van der Waals surface area contributed by atoms with Gasteiger partial charge in [0, 0.05) is 37.0 Å². The summed E-state index contributed by atoms with van der Waals surface area (Å²) >= 11 is 0. The number of alkyl halides is 3. The van der Waals surface area contributed by atoms with Crippen LogP contribution in [0.4, 0.5) is 24.9 Å². The molecule has 0 radical (unpaired) electrons. The quantitative estimate of drug-likeness (QED) is 0.572. The van der Waals surface area contributed by atoms with Gasteiger partial charge in [0.25, 0.3) is 0 Å². The molecule has 3 aromatic rings. The number of nitrogens with zero attached hydrogens (tertiary/aromatic N) is 6. The Morgan fingerprint density at radius 1 is 1.15 bits per heavy atom. The van der Waals surface area contributed by atoms with Gasteiger partial charge in [-0.05, 0) is 49.1 Å². The van der Waals surface area contributed by atoms with Gasteiger partial charge in [-0.15, -0.1) is 5.10 Å². The average molecular weight is 476 g/mol. The van der Waals surface area contributed by atoms with Crippen LogP contribution in [0.5, 0.6) is 5.88 Å². The fourth-order valence-electron chi connectivity index (χ4n) is 5.14. The fraction of sp³-hybridized carbons (Fsp3) is 0.565. The van der Waals surface area contributed by atoms with Gasteiger partial charge in [0.1, 0.15) is 12.1 Å². The van der Waals surface area contributed by atoms with Crippen molar-refractivity contribution in [2.75, 3.05) is 29.9 Å². The Bertz CT molecular complexity index is 1170. The minimum atomic E-state index is -4.43. The van der Waals surface area contributed by atoms with Gasteiger partial charge in [-0.3, -0.25) is 0 Å². The van der Waals surface area contributed by atoms with Crippen molar-refractivity contribution in [2.45, 2.75) is 51.7 Å². The number of nitrogens with one attached hydrogen (secondary N) is 1. The number of aromatic nitrogens is 5. The Morgan fingerprint density at radius 3 is 2.53 bits per heavy atom. The molecule has 2 fully saturated rings. The number of ether oxygens (including phenoxy) is 1. The molecule has 3 atom stereocenters. The number of pyridine rings is 1. The third kappa shape index (κ3) is 4.47. The van der Waals surface area contributed by atoms with Crippen molar-refractivity contribution < 1.29 is 17.9 Å². The van der Waals surface area contributed by atoms with Crippen molar-refractivity contribution in [3.63, 3.8) is 0 Å². The minimum Gasteiger partial charge on any atom is -0.468 e. The first-order chi connectivity index (χ1) is 16.2. The smallest absolute Gasteiger partial charge is 0.422 e. The van der Waals surface area contributed by atoms with Gasteiger partial charge >= 0.3 is 6.18 Å². The van der Waals surface area contributed by atoms with Crippen molar-refractivity contribution in [1.82, 2.24) is 24.6 Å². The molecule has 0 spiro atoms. The van der Waals surface area contributed by atoms with Crippen LogP contribution in [0.1, 0.15) is 43.9 Å². The van der Waals surface area contributed by atoms with E-state index in [0.717, 1.165) is 43.0 Å². The largest absolute Gasteiger partial charge is 0.468 e. The maximum absolute atomic E-state index is 12.7. The zero-order valence-electron chi connectivity index (χ0n) is 19.4. The lowest BCUT2D eigenvalue weighted by Crippen LogP contribution is -2.48. The lowest BCUT2D eigenvalue weighted by Gasteiger charge is -2.38. The van der Waals surface area contributed by atoms with Gasteiger partial charge in [0.15, 0.2) is 12.3 Å². The maximum atomic E-state index is 12.7. The highest BCUT2D eigenvalue weighted by atomic mass is 19.4. The molecule has 1 N–H and O–H groups in total. The standard InChI is InChI=1S/C23H28F3N7O/c1-13(2)17-6-7-19(34-11-23(24,25)26)33-21(17)30-22(31-33)29-20-15-4-5-16(20)10-32(9-15)18-8-14(3)27-12-28-18/h6-8,12-13,15-16,20H,4-5,9-11H2,1-3H3,(H,29,31)/t15-,16+,20-. The van der Waals surface area contributed by atoms with Crippen molar-refractivity contribution in [1.29, 1.82) is 0 Å². The average Bonchev–Trinajstić information content (AvgIpc) is 3.28. The van der Waals surface area contributed by atoms with E-state index in [9.17, 15) is 13.2 Å². The molecule has 0 amide bonds. The van der Waals surface area contributed by atoms with E-state index in [1.807, 2.05) is 26.8 Å². The third-order valence-electron chi connectivity index (χ3n) is 6.73. The Labute approximate surface area is 195 Å². The van der Waals surface area contributed by atoms with Crippen LogP contribution in [0.2, 0.25) is 0 Å². The van der Waals surface area contributed by atoms with Crippen molar-refractivity contribution in [3.05, 3.63) is 35.8 Å². The third-order valence-corrected chi connectivity index (χ3v) is 6.73. The molecule has 3 aromatic heterocycles. The lowest BCUT2D eigenvalue weighted by atomic mass is 9.92. The number of aryl methyl sites for hydroxylation is 1. The Hall–Kier alpha value is -3.11. The van der Waals surface area contributed by atoms with Gasteiger partial charge in [0.05, 0.1) is 0 Å². The normalized spacial score (nSPS) is 22.6. The molecule has 0 aromatic carbocycles. The summed E-state index contributed by atoms with van der Waals surface area (Å²) in [6.07, 6.45) is -0.650. The van der Waals surface area contributed by atoms with E-state index in [0.29, 0.717) is 23.4 Å². The second-order valence-corrected chi connectivity index (χ2v) is 9.55. The molecule has 1 aliphatic carbocycles. The van der Waals surface area contributed by atoms with Gasteiger partial charge < -0.3 is 15.0 Å². The van der Waals surface area contributed by atoms with Crippen LogP contribution in [0.3, 0.4) is 0 Å². The van der Waals surface area contributed by atoms with Gasteiger partial charge in [-0.2, -0.15) is 22.7 Å². The molecule has 1 aliphatic heterocycles. The van der Waals surface area contributed by atoms with Gasteiger partial charge in [-0.25, -0.2) is 9.97 Å². The van der Waals surface area contributed by atoms with E-state index in [1.165, 1.54) is 10.6 Å². The molecule has 1 saturated carbocycles. The molecular formula is C23H28F3N7O. The fourth-order valence-corrected chi connectivity index (χ4v) is 5.14. The van der Waals surface area contributed by atoms with Crippen LogP contribution < -0.4 is 15.0 Å². The van der Waals surface area contributed by atoms with E-state index >= 15 is 0 Å². The van der Waals surface area contributed by atoms with Crippen molar-refractivity contribution >= 4 is 17.4 Å². The summed E-state index contributed by atoms with van der Waals surface area (Å²) < 4.78 is 44.6. The van der Waals surface area contributed by atoms with Gasteiger partial charge in [-0.1, -0.05) is 13.8 Å². The number of hydrogen-bond donors (Lipinski definition) is 1. The predicted octanol–water partition coefficient (Wildman–Crippen LogP) is 4.22. The highest BCUT2D eigenvalue weighted by molar-refractivity contribution is 5.55. The number of hydrogen-bond acceptors (Lipinski definition) is 7. The molecular weight excluding hydrogens is 447 g/mol. The Morgan fingerprint density at radius 2 is 1.88 bits per heavy atom. The number of rotatable bonds is 6. The summed E-state index contributed by atoms with van der Waals surface area (Å²) in [5.41, 5.74) is 2.35. The number of anilines is 2. The molecule has 34 heavy (non-hydrogen) atoms. The second kappa shape index (κ2) is 8.59. The van der Waals surface area contributed by atoms with Crippen LogP contribution in [-0.4, -0.2) is 56.5 Å². The SMILES string of the molecule is Cc1cc(N2C[C@H]3CC[C@@H](C2)[C@@H]3Nc2nc3c(C(C)C)ccc(OCC(F)(F)F)n3n2)ncn1. The van der Waals surface area contributed by atoms with Crippen LogP contribution in [0, 0.1) is 18.8 Å². The Kier molecular flexibility index (Phi) is 5.73. The van der Waals surface area contributed by atoms with E-state index < -0.39 is 12.8 Å². The number of halogens is 3. The molecule has 1 saturated heterocycles. The summed E-state index contributed by atoms with van der Waals surface area (Å²) in [6, 6.07) is 5.49. The molecule has 2 bridgehead atoms. The van der Waals surface area contributed by atoms with E-state index in [4.69, 9.17) is 4.74 Å². The van der Waals surface area contributed by atoms with Crippen LogP contribution in [0.25, 0.3) is 5.65 Å². The summed E-state index contributed by atoms with van der Waals surface area (Å²) in [5.74, 6) is 2.30. The molecule has 2 aliphatic rings. The van der Waals surface area contributed by atoms with Crippen LogP contribution in [0.15, 0.2) is 24.5 Å². The van der Waals surface area contributed by atoms with E-state index in [2.05, 4.69) is 30.3 Å². The zero-order valence-corrected chi connectivity index (χ0v) is 19.4. The summed E-state index contributed by atoms with van der Waals surface area (Å²) in [4.78, 5) is 15.6. The summed E-state index contributed by atoms with van der Waals surface area (Å²) in [5, 5.41) is 8.01. The first-order valence-electron chi connectivity index (χ1n) is 11.6. The number of piperidine rings is 1. The first kappa shape index (κ1) is 22.7. The van der Waals surface area contributed by atoms with Crippen LogP contribution >= 0.6 is 0 Å². The van der Waals surface area contributed by atoms with E-state index in [-0.39, 0.29) is 17.8 Å². The summed E-state index contributed by atoms with van der Waals surface area (Å²) in [7, 11) is 0. The van der Waals surface area contributed by atoms with Crippen molar-refractivity contribution in [3.8, 4) is 5.88 Å². The molecule has 0 unspecified atom stereocenters. The molecule has 5 rings (SSSR count). The predicted molar refractivity (Wildman–Crippen MR) is 121 cm³/mol. The lowest BCUT2D eigenvalue weighted by molar-refractivity contribution is -0.154. The van der Waals surface area contributed by atoms with Crippen molar-refractivity contribution in [2.24, 2.45) is 11.8 Å². The maximum Gasteiger partial charge on any atom is 0.422 e. The number of fused-ring (bicyclic) bond motifs is 3. The molecule has 4 heterocycles. The molecule has 8 nitrogen and oxygen atoms in total. The topological polar surface area (TPSA) is 80.5 Å². The highest BCUT2D eigenvalue weighted by Gasteiger charge is 2.43. The van der Waals surface area contributed by atoms with Gasteiger partial charge in [0.2, 0.25) is 11.8 Å². The summed E-state index contributed by atoms with van der Waals surface area (Å²) in [6.45, 7) is 6.35. The minimum absolute atomic E-state index is 0.0224. The molecule has 11 heteroatoms. The zero-order chi connectivity index (χ0) is 24.0.